The van der Waals surface area contributed by atoms with Crippen LogP contribution in [0, 0.1) is 0 Å². The lowest BCUT2D eigenvalue weighted by Gasteiger charge is -2.12. The van der Waals surface area contributed by atoms with Crippen molar-refractivity contribution in [2.24, 2.45) is 5.73 Å². The molecule has 0 aliphatic carbocycles. The summed E-state index contributed by atoms with van der Waals surface area (Å²) in [5.74, 6) is -0.430. The molecule has 0 spiro atoms. The highest BCUT2D eigenvalue weighted by Crippen LogP contribution is 2.14. The predicted molar refractivity (Wildman–Crippen MR) is 59.0 cm³/mol. The minimum Gasteiger partial charge on any atom is -0.378 e. The molecular weight excluding hydrogens is 176 g/mol. The van der Waals surface area contributed by atoms with Crippen LogP contribution in [0.4, 0.5) is 5.69 Å². The zero-order chi connectivity index (χ0) is 10.6. The molecule has 1 rings (SSSR count). The number of hydrogen-bond acceptors (Lipinski definition) is 2. The number of benzene rings is 1. The summed E-state index contributed by atoms with van der Waals surface area (Å²) in [4.78, 5) is 12.5. The molecule has 0 aromatic heterocycles. The van der Waals surface area contributed by atoms with Crippen LogP contribution < -0.4 is 10.6 Å². The lowest BCUT2D eigenvalue weighted by Crippen LogP contribution is -2.08. The van der Waals surface area contributed by atoms with Gasteiger partial charge in [0.15, 0.2) is 0 Å². The molecule has 0 atom stereocenters. The first kappa shape index (κ1) is 10.3. The molecule has 1 aromatic carbocycles. The van der Waals surface area contributed by atoms with Crippen LogP contribution in [0.1, 0.15) is 5.56 Å². The molecule has 1 aromatic rings. The van der Waals surface area contributed by atoms with Gasteiger partial charge in [0.2, 0.25) is 5.91 Å². The Morgan fingerprint density at radius 1 is 1.43 bits per heavy atom. The van der Waals surface area contributed by atoms with Crippen molar-refractivity contribution in [3.05, 3.63) is 35.9 Å². The highest BCUT2D eigenvalue weighted by molar-refractivity contribution is 5.90. The molecule has 0 bridgehead atoms. The molecule has 0 fully saturated rings. The molecule has 3 heteroatoms. The Kier molecular flexibility index (Phi) is 3.29. The van der Waals surface area contributed by atoms with Gasteiger partial charge in [0, 0.05) is 25.9 Å². The van der Waals surface area contributed by atoms with Crippen LogP contribution in [-0.4, -0.2) is 20.0 Å². The number of rotatable bonds is 3. The smallest absolute Gasteiger partial charge is 0.241 e. The molecule has 1 amide bonds. The highest BCUT2D eigenvalue weighted by Gasteiger charge is 1.94. The summed E-state index contributed by atoms with van der Waals surface area (Å²) in [6, 6.07) is 7.85. The summed E-state index contributed by atoms with van der Waals surface area (Å²) in [7, 11) is 3.94. The minimum absolute atomic E-state index is 0.430. The number of carbonyl (C=O) groups excluding carboxylic acids is 1. The maximum absolute atomic E-state index is 10.5. The number of hydrogen-bond donors (Lipinski definition) is 1. The third-order valence-corrected chi connectivity index (χ3v) is 1.83. The largest absolute Gasteiger partial charge is 0.378 e. The van der Waals surface area contributed by atoms with Crippen molar-refractivity contribution in [3.63, 3.8) is 0 Å². The second-order valence-corrected chi connectivity index (χ2v) is 3.23. The third kappa shape index (κ3) is 2.94. The summed E-state index contributed by atoms with van der Waals surface area (Å²) in [5, 5.41) is 0. The topological polar surface area (TPSA) is 46.3 Å². The lowest BCUT2D eigenvalue weighted by atomic mass is 10.2. The summed E-state index contributed by atoms with van der Waals surface area (Å²) in [6.45, 7) is 0. The van der Waals surface area contributed by atoms with Crippen molar-refractivity contribution in [1.29, 1.82) is 0 Å². The van der Waals surface area contributed by atoms with E-state index in [-0.39, 0.29) is 0 Å². The molecule has 0 unspecified atom stereocenters. The average Bonchev–Trinajstić information content (AvgIpc) is 2.15. The molecular formula is C11H14N2O. The van der Waals surface area contributed by atoms with Gasteiger partial charge in [-0.05, 0) is 23.8 Å². The molecule has 74 valence electrons. The quantitative estimate of drug-likeness (QED) is 0.729. The van der Waals surface area contributed by atoms with E-state index in [2.05, 4.69) is 0 Å². The van der Waals surface area contributed by atoms with Gasteiger partial charge in [-0.15, -0.1) is 0 Å². The highest BCUT2D eigenvalue weighted by atomic mass is 16.1. The van der Waals surface area contributed by atoms with Crippen LogP contribution in [0.15, 0.2) is 30.3 Å². The van der Waals surface area contributed by atoms with Gasteiger partial charge in [-0.25, -0.2) is 0 Å². The van der Waals surface area contributed by atoms with Crippen molar-refractivity contribution >= 4 is 17.7 Å². The fourth-order valence-electron chi connectivity index (χ4n) is 1.08. The first-order chi connectivity index (χ1) is 6.59. The Morgan fingerprint density at radius 3 is 2.71 bits per heavy atom. The van der Waals surface area contributed by atoms with E-state index in [1.54, 1.807) is 6.08 Å². The normalized spacial score (nSPS) is 10.4. The second-order valence-electron chi connectivity index (χ2n) is 3.23. The van der Waals surface area contributed by atoms with Crippen LogP contribution in [0.2, 0.25) is 0 Å². The van der Waals surface area contributed by atoms with E-state index >= 15 is 0 Å². The van der Waals surface area contributed by atoms with Gasteiger partial charge in [-0.2, -0.15) is 0 Å². The molecule has 0 radical (unpaired) electrons. The van der Waals surface area contributed by atoms with Crippen LogP contribution in [0.25, 0.3) is 6.08 Å². The van der Waals surface area contributed by atoms with E-state index in [1.165, 1.54) is 6.08 Å². The van der Waals surface area contributed by atoms with Gasteiger partial charge >= 0.3 is 0 Å². The molecule has 14 heavy (non-hydrogen) atoms. The van der Waals surface area contributed by atoms with Crippen LogP contribution in [0.5, 0.6) is 0 Å². The van der Waals surface area contributed by atoms with Crippen molar-refractivity contribution in [3.8, 4) is 0 Å². The maximum atomic E-state index is 10.5. The van der Waals surface area contributed by atoms with Crippen molar-refractivity contribution in [2.75, 3.05) is 19.0 Å². The molecule has 0 aliphatic rings. The molecule has 0 heterocycles. The standard InChI is InChI=1S/C11H14N2O/c1-13(2)10-5-3-4-9(8-10)6-7-11(12)14/h3-8H,1-2H3,(H2,12,14). The second kappa shape index (κ2) is 4.46. The number of anilines is 1. The molecule has 0 aliphatic heterocycles. The summed E-state index contributed by atoms with van der Waals surface area (Å²) in [5.41, 5.74) is 7.06. The number of amides is 1. The van der Waals surface area contributed by atoms with Crippen molar-refractivity contribution < 1.29 is 4.79 Å². The fourth-order valence-corrected chi connectivity index (χ4v) is 1.08. The summed E-state index contributed by atoms with van der Waals surface area (Å²) < 4.78 is 0. The number of nitrogens with zero attached hydrogens (tertiary/aromatic N) is 1. The van der Waals surface area contributed by atoms with Gasteiger partial charge in [0.25, 0.3) is 0 Å². The van der Waals surface area contributed by atoms with E-state index in [9.17, 15) is 4.79 Å². The summed E-state index contributed by atoms with van der Waals surface area (Å²) >= 11 is 0. The van der Waals surface area contributed by atoms with Crippen molar-refractivity contribution in [1.82, 2.24) is 0 Å². The monoisotopic (exact) mass is 190 g/mol. The molecule has 0 saturated heterocycles. The van der Waals surface area contributed by atoms with E-state index in [1.807, 2.05) is 43.3 Å². The predicted octanol–water partition coefficient (Wildman–Crippen LogP) is 1.25. The zero-order valence-electron chi connectivity index (χ0n) is 8.40. The number of nitrogens with two attached hydrogens (primary N) is 1. The first-order valence-corrected chi connectivity index (χ1v) is 4.34. The Morgan fingerprint density at radius 2 is 2.14 bits per heavy atom. The van der Waals surface area contributed by atoms with E-state index < -0.39 is 5.91 Å². The Bertz CT molecular complexity index is 356. The van der Waals surface area contributed by atoms with Crippen LogP contribution in [-0.2, 0) is 4.79 Å². The third-order valence-electron chi connectivity index (χ3n) is 1.83. The lowest BCUT2D eigenvalue weighted by molar-refractivity contribution is -0.113. The number of primary amides is 1. The average molecular weight is 190 g/mol. The van der Waals surface area contributed by atoms with Crippen LogP contribution in [0.3, 0.4) is 0 Å². The first-order valence-electron chi connectivity index (χ1n) is 4.34. The fraction of sp³-hybridized carbons (Fsp3) is 0.182. The zero-order valence-corrected chi connectivity index (χ0v) is 8.40. The van der Waals surface area contributed by atoms with Gasteiger partial charge < -0.3 is 10.6 Å². The van der Waals surface area contributed by atoms with E-state index in [0.717, 1.165) is 11.3 Å². The Labute approximate surface area is 83.8 Å². The van der Waals surface area contributed by atoms with Crippen LogP contribution >= 0.6 is 0 Å². The Balaban J connectivity index is 2.89. The number of carbonyl (C=O) groups is 1. The van der Waals surface area contributed by atoms with E-state index in [4.69, 9.17) is 5.73 Å². The SMILES string of the molecule is CN(C)c1cccc(C=CC(N)=O)c1. The van der Waals surface area contributed by atoms with Crippen molar-refractivity contribution in [2.45, 2.75) is 0 Å². The van der Waals surface area contributed by atoms with Gasteiger partial charge in [-0.3, -0.25) is 4.79 Å². The Hall–Kier alpha value is -1.77. The summed E-state index contributed by atoms with van der Waals surface area (Å²) in [6.07, 6.45) is 3.06. The van der Waals surface area contributed by atoms with E-state index in [0.29, 0.717) is 0 Å². The van der Waals surface area contributed by atoms with Gasteiger partial charge in [0.1, 0.15) is 0 Å². The maximum Gasteiger partial charge on any atom is 0.241 e. The minimum atomic E-state index is -0.430. The molecule has 2 N–H and O–H groups in total. The van der Waals surface area contributed by atoms with Gasteiger partial charge in [0.05, 0.1) is 0 Å². The van der Waals surface area contributed by atoms with Gasteiger partial charge in [-0.1, -0.05) is 12.1 Å². The molecule has 3 nitrogen and oxygen atoms in total. The molecule has 0 saturated carbocycles.